The van der Waals surface area contributed by atoms with E-state index in [1.165, 1.54) is 5.57 Å². The summed E-state index contributed by atoms with van der Waals surface area (Å²) in [5.41, 5.74) is 1.44. The monoisotopic (exact) mass is 125 g/mol. The van der Waals surface area contributed by atoms with E-state index >= 15 is 0 Å². The van der Waals surface area contributed by atoms with Gasteiger partial charge in [0.1, 0.15) is 0 Å². The lowest BCUT2D eigenvalue weighted by molar-refractivity contribution is 0.943. The topological polar surface area (TPSA) is 12.4 Å². The number of aliphatic imine (C=N–C) groups is 1. The first-order chi connectivity index (χ1) is 4.39. The number of nitrogens with zero attached hydrogens (tertiary/aromatic N) is 1. The standard InChI is InChI=1S/C6H9N.C2H6/c1-6-2-4-7-5-3-6;1-2/h2,4H,3,5H2,1H3;1-2H3. The minimum absolute atomic E-state index is 0.988. The molecule has 1 heterocycles. The molecule has 0 aliphatic carbocycles. The van der Waals surface area contributed by atoms with Gasteiger partial charge in [-0.15, -0.1) is 0 Å². The zero-order chi connectivity index (χ0) is 7.11. The number of hydrogen-bond acceptors (Lipinski definition) is 1. The Hall–Kier alpha value is -0.590. The van der Waals surface area contributed by atoms with Gasteiger partial charge in [0, 0.05) is 12.8 Å². The molecule has 0 amide bonds. The Bertz CT molecular complexity index is 112. The smallest absolute Gasteiger partial charge is 0.0426 e. The van der Waals surface area contributed by atoms with E-state index < -0.39 is 0 Å². The summed E-state index contributed by atoms with van der Waals surface area (Å²) in [6.45, 7) is 7.12. The summed E-state index contributed by atoms with van der Waals surface area (Å²) < 4.78 is 0. The second-order valence-electron chi connectivity index (χ2n) is 1.82. The lowest BCUT2D eigenvalue weighted by atomic mass is 10.2. The van der Waals surface area contributed by atoms with E-state index in [0.29, 0.717) is 0 Å². The van der Waals surface area contributed by atoms with Gasteiger partial charge in [0.25, 0.3) is 0 Å². The summed E-state index contributed by atoms with van der Waals surface area (Å²) in [6.07, 6.45) is 5.08. The Labute approximate surface area is 57.5 Å². The highest BCUT2D eigenvalue weighted by atomic mass is 14.7. The summed E-state index contributed by atoms with van der Waals surface area (Å²) in [7, 11) is 0. The maximum absolute atomic E-state index is 4.03. The van der Waals surface area contributed by atoms with E-state index in [-0.39, 0.29) is 0 Å². The third-order valence-electron chi connectivity index (χ3n) is 1.10. The summed E-state index contributed by atoms with van der Waals surface area (Å²) in [5.74, 6) is 0. The van der Waals surface area contributed by atoms with Gasteiger partial charge in [0.15, 0.2) is 0 Å². The summed E-state index contributed by atoms with van der Waals surface area (Å²) in [4.78, 5) is 4.03. The van der Waals surface area contributed by atoms with Crippen molar-refractivity contribution in [1.29, 1.82) is 0 Å². The van der Waals surface area contributed by atoms with Crippen LogP contribution in [0.25, 0.3) is 0 Å². The van der Waals surface area contributed by atoms with Crippen LogP contribution in [-0.2, 0) is 0 Å². The molecule has 1 nitrogen and oxygen atoms in total. The molecular formula is C8H15N. The highest BCUT2D eigenvalue weighted by molar-refractivity contribution is 5.72. The maximum atomic E-state index is 4.03. The quantitative estimate of drug-likeness (QED) is 0.471. The Kier molecular flexibility index (Phi) is 5.18. The lowest BCUT2D eigenvalue weighted by Crippen LogP contribution is -1.89. The fraction of sp³-hybridized carbons (Fsp3) is 0.625. The third kappa shape index (κ3) is 3.95. The van der Waals surface area contributed by atoms with Crippen LogP contribution in [0, 0.1) is 0 Å². The minimum Gasteiger partial charge on any atom is -0.293 e. The molecule has 0 N–H and O–H groups in total. The van der Waals surface area contributed by atoms with E-state index in [0.717, 1.165) is 13.0 Å². The molecule has 0 aromatic heterocycles. The van der Waals surface area contributed by atoms with Crippen molar-refractivity contribution in [2.24, 2.45) is 4.99 Å². The van der Waals surface area contributed by atoms with Crippen molar-refractivity contribution in [2.75, 3.05) is 6.54 Å². The van der Waals surface area contributed by atoms with Crippen LogP contribution < -0.4 is 0 Å². The molecule has 1 rings (SSSR count). The molecule has 0 atom stereocenters. The van der Waals surface area contributed by atoms with Crippen molar-refractivity contribution in [1.82, 2.24) is 0 Å². The first-order valence-electron chi connectivity index (χ1n) is 3.55. The molecule has 1 aliphatic rings. The Morgan fingerprint density at radius 2 is 2.11 bits per heavy atom. The molecule has 52 valence electrons. The molecule has 0 spiro atoms. The van der Waals surface area contributed by atoms with Gasteiger partial charge >= 0.3 is 0 Å². The van der Waals surface area contributed by atoms with E-state index in [4.69, 9.17) is 0 Å². The van der Waals surface area contributed by atoms with E-state index in [2.05, 4.69) is 18.0 Å². The molecule has 0 aromatic rings. The predicted molar refractivity (Wildman–Crippen MR) is 43.1 cm³/mol. The molecule has 1 heteroatoms. The third-order valence-corrected chi connectivity index (χ3v) is 1.10. The van der Waals surface area contributed by atoms with Gasteiger partial charge in [-0.2, -0.15) is 0 Å². The highest BCUT2D eigenvalue weighted by Gasteiger charge is 1.89. The molecule has 0 aromatic carbocycles. The Morgan fingerprint density at radius 1 is 1.44 bits per heavy atom. The highest BCUT2D eigenvalue weighted by Crippen LogP contribution is 2.01. The van der Waals surface area contributed by atoms with Gasteiger partial charge < -0.3 is 0 Å². The van der Waals surface area contributed by atoms with Crippen LogP contribution in [0.5, 0.6) is 0 Å². The SMILES string of the molecule is CC.CC1=CC=NCC1. The Balaban J connectivity index is 0.000000291. The van der Waals surface area contributed by atoms with Crippen LogP contribution in [-0.4, -0.2) is 12.8 Å². The van der Waals surface area contributed by atoms with Gasteiger partial charge in [-0.3, -0.25) is 4.99 Å². The maximum Gasteiger partial charge on any atom is 0.0426 e. The largest absolute Gasteiger partial charge is 0.293 e. The molecule has 0 fully saturated rings. The molecule has 0 saturated carbocycles. The summed E-state index contributed by atoms with van der Waals surface area (Å²) in [5, 5.41) is 0. The average molecular weight is 125 g/mol. The van der Waals surface area contributed by atoms with Gasteiger partial charge in [0.2, 0.25) is 0 Å². The molecule has 0 radical (unpaired) electrons. The second kappa shape index (κ2) is 5.54. The molecule has 0 saturated heterocycles. The molecular weight excluding hydrogens is 110 g/mol. The fourth-order valence-electron chi connectivity index (χ4n) is 0.579. The zero-order valence-corrected chi connectivity index (χ0v) is 6.52. The van der Waals surface area contributed by atoms with Gasteiger partial charge in [-0.25, -0.2) is 0 Å². The molecule has 9 heavy (non-hydrogen) atoms. The number of rotatable bonds is 0. The van der Waals surface area contributed by atoms with Gasteiger partial charge in [-0.1, -0.05) is 19.4 Å². The summed E-state index contributed by atoms with van der Waals surface area (Å²) >= 11 is 0. The van der Waals surface area contributed by atoms with E-state index in [1.807, 2.05) is 20.1 Å². The van der Waals surface area contributed by atoms with Gasteiger partial charge in [-0.05, 0) is 19.4 Å². The van der Waals surface area contributed by atoms with Crippen LogP contribution in [0.1, 0.15) is 27.2 Å². The van der Waals surface area contributed by atoms with Crippen molar-refractivity contribution in [3.63, 3.8) is 0 Å². The van der Waals surface area contributed by atoms with E-state index in [1.54, 1.807) is 0 Å². The predicted octanol–water partition coefficient (Wildman–Crippen LogP) is 2.43. The van der Waals surface area contributed by atoms with Crippen molar-refractivity contribution < 1.29 is 0 Å². The molecule has 0 unspecified atom stereocenters. The number of allylic oxidation sites excluding steroid dienone is 1. The van der Waals surface area contributed by atoms with Crippen molar-refractivity contribution in [3.05, 3.63) is 11.6 Å². The van der Waals surface area contributed by atoms with Crippen LogP contribution in [0.2, 0.25) is 0 Å². The van der Waals surface area contributed by atoms with Crippen molar-refractivity contribution in [2.45, 2.75) is 27.2 Å². The van der Waals surface area contributed by atoms with Crippen molar-refractivity contribution in [3.8, 4) is 0 Å². The zero-order valence-electron chi connectivity index (χ0n) is 6.52. The molecule has 1 aliphatic heterocycles. The van der Waals surface area contributed by atoms with Crippen molar-refractivity contribution >= 4 is 6.21 Å². The normalized spacial score (nSPS) is 15.7. The number of hydrogen-bond donors (Lipinski definition) is 0. The Morgan fingerprint density at radius 3 is 2.33 bits per heavy atom. The van der Waals surface area contributed by atoms with E-state index in [9.17, 15) is 0 Å². The number of dihydropyridines is 1. The van der Waals surface area contributed by atoms with Crippen LogP contribution in [0.3, 0.4) is 0 Å². The average Bonchev–Trinajstić information content (AvgIpc) is 1.94. The van der Waals surface area contributed by atoms with Gasteiger partial charge in [0.05, 0.1) is 0 Å². The van der Waals surface area contributed by atoms with Crippen LogP contribution >= 0.6 is 0 Å². The molecule has 0 bridgehead atoms. The lowest BCUT2D eigenvalue weighted by Gasteiger charge is -1.98. The fourth-order valence-corrected chi connectivity index (χ4v) is 0.579. The summed E-state index contributed by atoms with van der Waals surface area (Å²) in [6, 6.07) is 0. The van der Waals surface area contributed by atoms with Crippen LogP contribution in [0.4, 0.5) is 0 Å². The first-order valence-corrected chi connectivity index (χ1v) is 3.55. The van der Waals surface area contributed by atoms with Crippen LogP contribution in [0.15, 0.2) is 16.6 Å². The minimum atomic E-state index is 0.988. The first kappa shape index (κ1) is 8.41. The second-order valence-corrected chi connectivity index (χ2v) is 1.82.